The summed E-state index contributed by atoms with van der Waals surface area (Å²) in [6.07, 6.45) is 0. The molecule has 0 atom stereocenters. The van der Waals surface area contributed by atoms with Gasteiger partial charge in [-0.1, -0.05) is 23.7 Å². The van der Waals surface area contributed by atoms with Crippen molar-refractivity contribution >= 4 is 11.6 Å². The van der Waals surface area contributed by atoms with Gasteiger partial charge in [0.15, 0.2) is 0 Å². The second-order valence-electron chi connectivity index (χ2n) is 4.13. The average molecular weight is 291 g/mol. The van der Waals surface area contributed by atoms with Gasteiger partial charge in [0.2, 0.25) is 0 Å². The van der Waals surface area contributed by atoms with E-state index < -0.39 is 5.82 Å². The second-order valence-corrected chi connectivity index (χ2v) is 4.54. The van der Waals surface area contributed by atoms with Crippen LogP contribution in [-0.2, 0) is 13.2 Å². The van der Waals surface area contributed by atoms with Gasteiger partial charge in [-0.2, -0.15) is 5.26 Å². The second kappa shape index (κ2) is 6.38. The Hall–Kier alpha value is -2.09. The molecule has 0 heterocycles. The molecule has 2 N–H and O–H groups in total. The van der Waals surface area contributed by atoms with E-state index in [1.165, 1.54) is 18.2 Å². The first-order valence-corrected chi connectivity index (χ1v) is 6.32. The van der Waals surface area contributed by atoms with Crippen LogP contribution in [0.5, 0.6) is 5.75 Å². The number of nitriles is 1. The minimum atomic E-state index is -0.416. The lowest BCUT2D eigenvalue weighted by molar-refractivity contribution is 0.302. The van der Waals surface area contributed by atoms with E-state index >= 15 is 0 Å². The third-order valence-electron chi connectivity index (χ3n) is 2.83. The highest BCUT2D eigenvalue weighted by Crippen LogP contribution is 2.29. The van der Waals surface area contributed by atoms with Crippen LogP contribution >= 0.6 is 11.6 Å². The van der Waals surface area contributed by atoms with Crippen molar-refractivity contribution in [2.45, 2.75) is 13.2 Å². The predicted molar refractivity (Wildman–Crippen MR) is 74.8 cm³/mol. The number of nitrogens with zero attached hydrogens (tertiary/aromatic N) is 1. The molecule has 2 rings (SSSR count). The standard InChI is InChI=1S/C15H12ClFN2O/c16-14-3-1-2-11(8-19)15(14)20-9-12-6-13(17)5-4-10(12)7-18/h1-6H,8-9,19H2. The van der Waals surface area contributed by atoms with Crippen molar-refractivity contribution in [1.82, 2.24) is 0 Å². The van der Waals surface area contributed by atoms with Gasteiger partial charge in [-0.25, -0.2) is 4.39 Å². The molecule has 0 unspecified atom stereocenters. The molecule has 0 spiro atoms. The van der Waals surface area contributed by atoms with Gasteiger partial charge in [0, 0.05) is 17.7 Å². The first kappa shape index (κ1) is 14.3. The van der Waals surface area contributed by atoms with Crippen molar-refractivity contribution in [3.8, 4) is 11.8 Å². The molecule has 20 heavy (non-hydrogen) atoms. The van der Waals surface area contributed by atoms with Crippen LogP contribution in [0.1, 0.15) is 16.7 Å². The lowest BCUT2D eigenvalue weighted by Gasteiger charge is -2.12. The highest BCUT2D eigenvalue weighted by Gasteiger charge is 2.10. The van der Waals surface area contributed by atoms with Crippen molar-refractivity contribution in [3.63, 3.8) is 0 Å². The minimum Gasteiger partial charge on any atom is -0.487 e. The van der Waals surface area contributed by atoms with Crippen LogP contribution in [-0.4, -0.2) is 0 Å². The zero-order valence-electron chi connectivity index (χ0n) is 10.6. The maximum Gasteiger partial charge on any atom is 0.142 e. The Balaban J connectivity index is 2.26. The zero-order valence-corrected chi connectivity index (χ0v) is 11.3. The molecule has 0 bridgehead atoms. The van der Waals surface area contributed by atoms with Crippen LogP contribution in [0.25, 0.3) is 0 Å². The van der Waals surface area contributed by atoms with Crippen molar-refractivity contribution in [1.29, 1.82) is 5.26 Å². The summed E-state index contributed by atoms with van der Waals surface area (Å²) in [5.41, 5.74) is 7.21. The van der Waals surface area contributed by atoms with Gasteiger partial charge >= 0.3 is 0 Å². The van der Waals surface area contributed by atoms with Gasteiger partial charge < -0.3 is 10.5 Å². The molecular weight excluding hydrogens is 279 g/mol. The lowest BCUT2D eigenvalue weighted by atomic mass is 10.1. The van der Waals surface area contributed by atoms with Crippen LogP contribution < -0.4 is 10.5 Å². The molecular formula is C15H12ClFN2O. The lowest BCUT2D eigenvalue weighted by Crippen LogP contribution is -2.04. The summed E-state index contributed by atoms with van der Waals surface area (Å²) in [5.74, 6) is 0.0469. The molecule has 0 aromatic heterocycles. The molecule has 102 valence electrons. The fraction of sp³-hybridized carbons (Fsp3) is 0.133. The quantitative estimate of drug-likeness (QED) is 0.939. The summed E-state index contributed by atoms with van der Waals surface area (Å²) in [4.78, 5) is 0. The monoisotopic (exact) mass is 290 g/mol. The molecule has 0 fully saturated rings. The largest absolute Gasteiger partial charge is 0.487 e. The topological polar surface area (TPSA) is 59.0 Å². The number of halogens is 2. The summed E-state index contributed by atoms with van der Waals surface area (Å²) < 4.78 is 18.8. The third kappa shape index (κ3) is 3.08. The molecule has 0 saturated carbocycles. The van der Waals surface area contributed by atoms with E-state index in [2.05, 4.69) is 0 Å². The molecule has 0 aliphatic rings. The summed E-state index contributed by atoms with van der Waals surface area (Å²) in [6.45, 7) is 0.335. The van der Waals surface area contributed by atoms with Crippen LogP contribution in [0.3, 0.4) is 0 Å². The number of ether oxygens (including phenoxy) is 1. The Morgan fingerprint density at radius 2 is 2.05 bits per heavy atom. The van der Waals surface area contributed by atoms with E-state index in [1.54, 1.807) is 18.2 Å². The van der Waals surface area contributed by atoms with E-state index in [0.717, 1.165) is 5.56 Å². The normalized spacial score (nSPS) is 10.1. The van der Waals surface area contributed by atoms with E-state index in [0.29, 0.717) is 21.9 Å². The van der Waals surface area contributed by atoms with Crippen molar-refractivity contribution in [2.75, 3.05) is 0 Å². The van der Waals surface area contributed by atoms with E-state index in [4.69, 9.17) is 27.3 Å². The van der Waals surface area contributed by atoms with Crippen LogP contribution in [0.4, 0.5) is 4.39 Å². The average Bonchev–Trinajstić information content (AvgIpc) is 2.46. The van der Waals surface area contributed by atoms with Crippen LogP contribution in [0, 0.1) is 17.1 Å². The van der Waals surface area contributed by atoms with E-state index in [-0.39, 0.29) is 13.2 Å². The minimum absolute atomic E-state index is 0.0530. The Bertz CT molecular complexity index is 667. The molecule has 5 heteroatoms. The fourth-order valence-corrected chi connectivity index (χ4v) is 2.07. The first-order chi connectivity index (χ1) is 9.65. The molecule has 0 amide bonds. The highest BCUT2D eigenvalue weighted by molar-refractivity contribution is 6.32. The fourth-order valence-electron chi connectivity index (χ4n) is 1.82. The summed E-state index contributed by atoms with van der Waals surface area (Å²) >= 11 is 6.06. The van der Waals surface area contributed by atoms with Gasteiger partial charge in [-0.3, -0.25) is 0 Å². The maximum absolute atomic E-state index is 13.2. The molecule has 0 saturated heterocycles. The first-order valence-electron chi connectivity index (χ1n) is 5.94. The number of nitrogens with two attached hydrogens (primary N) is 1. The molecule has 0 radical (unpaired) electrons. The number of benzene rings is 2. The number of hydrogen-bond donors (Lipinski definition) is 1. The smallest absolute Gasteiger partial charge is 0.142 e. The summed E-state index contributed by atoms with van der Waals surface area (Å²) in [6, 6.07) is 11.2. The molecule has 3 nitrogen and oxygen atoms in total. The number of hydrogen-bond acceptors (Lipinski definition) is 3. The Morgan fingerprint density at radius 3 is 2.75 bits per heavy atom. The van der Waals surface area contributed by atoms with Crippen LogP contribution in [0.2, 0.25) is 5.02 Å². The third-order valence-corrected chi connectivity index (χ3v) is 3.13. The molecule has 2 aromatic carbocycles. The number of rotatable bonds is 4. The molecule has 2 aromatic rings. The molecule has 0 aliphatic heterocycles. The van der Waals surface area contributed by atoms with Gasteiger partial charge in [-0.05, 0) is 24.3 Å². The maximum atomic E-state index is 13.2. The van der Waals surface area contributed by atoms with Gasteiger partial charge in [0.1, 0.15) is 18.2 Å². The van der Waals surface area contributed by atoms with Crippen molar-refractivity contribution < 1.29 is 9.13 Å². The van der Waals surface area contributed by atoms with Crippen LogP contribution in [0.15, 0.2) is 36.4 Å². The van der Waals surface area contributed by atoms with Crippen molar-refractivity contribution in [2.24, 2.45) is 5.73 Å². The highest BCUT2D eigenvalue weighted by atomic mass is 35.5. The van der Waals surface area contributed by atoms with E-state index in [1.807, 2.05) is 6.07 Å². The SMILES string of the molecule is N#Cc1ccc(F)cc1COc1c(Cl)cccc1CN. The summed E-state index contributed by atoms with van der Waals surface area (Å²) in [5, 5.41) is 9.42. The van der Waals surface area contributed by atoms with E-state index in [9.17, 15) is 4.39 Å². The van der Waals surface area contributed by atoms with Crippen molar-refractivity contribution in [3.05, 3.63) is 63.9 Å². The Morgan fingerprint density at radius 1 is 1.25 bits per heavy atom. The van der Waals surface area contributed by atoms with Gasteiger partial charge in [0.25, 0.3) is 0 Å². The summed E-state index contributed by atoms with van der Waals surface area (Å²) in [7, 11) is 0. The van der Waals surface area contributed by atoms with Gasteiger partial charge in [0.05, 0.1) is 16.7 Å². The Kier molecular flexibility index (Phi) is 4.57. The van der Waals surface area contributed by atoms with Gasteiger partial charge in [-0.15, -0.1) is 0 Å². The molecule has 0 aliphatic carbocycles. The predicted octanol–water partition coefficient (Wildman–Crippen LogP) is 3.39. The number of para-hydroxylation sites is 1. The Labute approximate surface area is 121 Å². The zero-order chi connectivity index (χ0) is 14.5.